The van der Waals surface area contributed by atoms with Gasteiger partial charge >= 0.3 is 0 Å². The second-order valence-electron chi connectivity index (χ2n) is 3.98. The number of hydrogen-bond acceptors (Lipinski definition) is 0. The molecule has 6 heteroatoms. The van der Waals surface area contributed by atoms with Gasteiger partial charge in [0.25, 0.3) is 0 Å². The Balaban J connectivity index is 0.000000200. The highest BCUT2D eigenvalue weighted by Crippen LogP contribution is 2.32. The van der Waals surface area contributed by atoms with Crippen molar-refractivity contribution >= 4 is 69.6 Å². The average Bonchev–Trinajstić information content (AvgIpc) is 2.43. The molecule has 0 heterocycles. The van der Waals surface area contributed by atoms with Crippen molar-refractivity contribution < 1.29 is 0 Å². The minimum Gasteiger partial charge on any atom is -0.0827 e. The maximum atomic E-state index is 5.77. The SMILES string of the molecule is Cc1ccc(Cl)c(Cl)c1Cl.Cc1ccc(Cl)c(Cl)c1Cl. The third-order valence-corrected chi connectivity index (χ3v) is 5.23. The number of rotatable bonds is 0. The Labute approximate surface area is 148 Å². The molecule has 0 N–H and O–H groups in total. The van der Waals surface area contributed by atoms with Crippen LogP contribution in [-0.2, 0) is 0 Å². The van der Waals surface area contributed by atoms with E-state index in [-0.39, 0.29) is 0 Å². The van der Waals surface area contributed by atoms with Gasteiger partial charge in [-0.25, -0.2) is 0 Å². The number of halogens is 6. The summed E-state index contributed by atoms with van der Waals surface area (Å²) in [7, 11) is 0. The molecule has 0 aromatic heterocycles. The Kier molecular flexibility index (Phi) is 7.28. The minimum atomic E-state index is 0.434. The standard InChI is InChI=1S/2C7H5Cl3/c2*1-4-2-3-5(8)7(10)6(4)9/h2*2-3H,1H3. The van der Waals surface area contributed by atoms with E-state index in [1.807, 2.05) is 26.0 Å². The average molecular weight is 391 g/mol. The summed E-state index contributed by atoms with van der Waals surface area (Å²) in [4.78, 5) is 0. The van der Waals surface area contributed by atoms with E-state index >= 15 is 0 Å². The number of benzene rings is 2. The summed E-state index contributed by atoms with van der Waals surface area (Å²) in [6, 6.07) is 7.11. The zero-order valence-corrected chi connectivity index (χ0v) is 15.1. The van der Waals surface area contributed by atoms with Gasteiger partial charge in [0.15, 0.2) is 0 Å². The van der Waals surface area contributed by atoms with Crippen LogP contribution in [-0.4, -0.2) is 0 Å². The summed E-state index contributed by atoms with van der Waals surface area (Å²) in [5.41, 5.74) is 1.88. The Morgan fingerprint density at radius 1 is 0.500 bits per heavy atom. The lowest BCUT2D eigenvalue weighted by atomic mass is 10.2. The van der Waals surface area contributed by atoms with Gasteiger partial charge in [-0.3, -0.25) is 0 Å². The monoisotopic (exact) mass is 388 g/mol. The molecule has 20 heavy (non-hydrogen) atoms. The van der Waals surface area contributed by atoms with Gasteiger partial charge in [0.05, 0.1) is 30.1 Å². The predicted molar refractivity (Wildman–Crippen MR) is 92.4 cm³/mol. The molecule has 0 atom stereocenters. The fourth-order valence-corrected chi connectivity index (χ4v) is 2.41. The highest BCUT2D eigenvalue weighted by atomic mass is 35.5. The first-order chi connectivity index (χ1) is 9.25. The van der Waals surface area contributed by atoms with Gasteiger partial charge < -0.3 is 0 Å². The minimum absolute atomic E-state index is 0.434. The van der Waals surface area contributed by atoms with E-state index in [2.05, 4.69) is 0 Å². The lowest BCUT2D eigenvalue weighted by molar-refractivity contribution is 1.47. The van der Waals surface area contributed by atoms with Crippen LogP contribution in [0.3, 0.4) is 0 Å². The molecule has 0 saturated heterocycles. The van der Waals surface area contributed by atoms with Gasteiger partial charge in [0.1, 0.15) is 0 Å². The van der Waals surface area contributed by atoms with Crippen molar-refractivity contribution in [1.82, 2.24) is 0 Å². The summed E-state index contributed by atoms with van der Waals surface area (Å²) < 4.78 is 0. The molecule has 0 aliphatic heterocycles. The Bertz CT molecular complexity index is 512. The zero-order chi connectivity index (χ0) is 15.4. The smallest absolute Gasteiger partial charge is 0.0781 e. The first-order valence-corrected chi connectivity index (χ1v) is 7.72. The molecule has 0 bridgehead atoms. The fraction of sp³-hybridized carbons (Fsp3) is 0.143. The summed E-state index contributed by atoms with van der Waals surface area (Å²) >= 11 is 34.3. The van der Waals surface area contributed by atoms with Crippen molar-refractivity contribution in [3.8, 4) is 0 Å². The second kappa shape index (κ2) is 7.98. The van der Waals surface area contributed by atoms with Crippen molar-refractivity contribution in [3.05, 3.63) is 65.5 Å². The molecule has 0 aliphatic rings. The molecule has 0 radical (unpaired) electrons. The fourth-order valence-electron chi connectivity index (χ4n) is 1.24. The van der Waals surface area contributed by atoms with Crippen molar-refractivity contribution in [2.24, 2.45) is 0 Å². The van der Waals surface area contributed by atoms with E-state index in [1.165, 1.54) is 0 Å². The first-order valence-electron chi connectivity index (χ1n) is 5.46. The number of aryl methyl sites for hydroxylation is 2. The van der Waals surface area contributed by atoms with Crippen LogP contribution >= 0.6 is 69.6 Å². The van der Waals surface area contributed by atoms with Crippen LogP contribution in [0.2, 0.25) is 30.1 Å². The normalized spacial score (nSPS) is 10.0. The van der Waals surface area contributed by atoms with E-state index in [1.54, 1.807) is 12.1 Å². The highest BCUT2D eigenvalue weighted by Gasteiger charge is 2.04. The van der Waals surface area contributed by atoms with Gasteiger partial charge in [-0.05, 0) is 37.1 Å². The maximum Gasteiger partial charge on any atom is 0.0781 e. The van der Waals surface area contributed by atoms with Crippen molar-refractivity contribution in [2.75, 3.05) is 0 Å². The molecule has 0 nitrogen and oxygen atoms in total. The van der Waals surface area contributed by atoms with Gasteiger partial charge in [0.2, 0.25) is 0 Å². The molecular weight excluding hydrogens is 381 g/mol. The van der Waals surface area contributed by atoms with E-state index in [0.29, 0.717) is 30.1 Å². The Morgan fingerprint density at radius 2 is 0.800 bits per heavy atom. The van der Waals surface area contributed by atoms with Crippen LogP contribution in [0.4, 0.5) is 0 Å². The first kappa shape index (κ1) is 18.2. The van der Waals surface area contributed by atoms with Crippen LogP contribution in [0.5, 0.6) is 0 Å². The topological polar surface area (TPSA) is 0 Å². The Morgan fingerprint density at radius 3 is 1.05 bits per heavy atom. The zero-order valence-electron chi connectivity index (χ0n) is 10.6. The largest absolute Gasteiger partial charge is 0.0827 e. The quantitative estimate of drug-likeness (QED) is 0.401. The molecular formula is C14H10Cl6. The third kappa shape index (κ3) is 4.59. The summed E-state index contributed by atoms with van der Waals surface area (Å²) in [6.45, 7) is 3.76. The lowest BCUT2D eigenvalue weighted by Crippen LogP contribution is -1.76. The van der Waals surface area contributed by atoms with Crippen LogP contribution < -0.4 is 0 Å². The second-order valence-corrected chi connectivity index (χ2v) is 6.31. The van der Waals surface area contributed by atoms with Gasteiger partial charge in [-0.1, -0.05) is 81.7 Å². The lowest BCUT2D eigenvalue weighted by Gasteiger charge is -2.00. The molecule has 0 fully saturated rings. The Hall–Kier alpha value is 0.180. The van der Waals surface area contributed by atoms with Gasteiger partial charge in [0, 0.05) is 0 Å². The molecule has 108 valence electrons. The van der Waals surface area contributed by atoms with Crippen LogP contribution in [0, 0.1) is 13.8 Å². The van der Waals surface area contributed by atoms with Gasteiger partial charge in [-0.15, -0.1) is 0 Å². The van der Waals surface area contributed by atoms with E-state index in [9.17, 15) is 0 Å². The van der Waals surface area contributed by atoms with E-state index < -0.39 is 0 Å². The molecule has 0 saturated carbocycles. The molecule has 0 aliphatic carbocycles. The molecule has 0 spiro atoms. The summed E-state index contributed by atoms with van der Waals surface area (Å²) in [5, 5.41) is 2.93. The maximum absolute atomic E-state index is 5.77. The molecule has 2 aromatic carbocycles. The van der Waals surface area contributed by atoms with Crippen LogP contribution in [0.1, 0.15) is 11.1 Å². The number of hydrogen-bond donors (Lipinski definition) is 0. The highest BCUT2D eigenvalue weighted by molar-refractivity contribution is 6.48. The van der Waals surface area contributed by atoms with Crippen molar-refractivity contribution in [3.63, 3.8) is 0 Å². The van der Waals surface area contributed by atoms with Crippen molar-refractivity contribution in [1.29, 1.82) is 0 Å². The molecule has 0 unspecified atom stereocenters. The molecule has 2 rings (SSSR count). The summed E-state index contributed by atoms with van der Waals surface area (Å²) in [6.07, 6.45) is 0. The molecule has 2 aromatic rings. The summed E-state index contributed by atoms with van der Waals surface area (Å²) in [5.74, 6) is 0. The van der Waals surface area contributed by atoms with Crippen LogP contribution in [0.25, 0.3) is 0 Å². The van der Waals surface area contributed by atoms with Gasteiger partial charge in [-0.2, -0.15) is 0 Å². The van der Waals surface area contributed by atoms with E-state index in [4.69, 9.17) is 69.6 Å². The van der Waals surface area contributed by atoms with Crippen LogP contribution in [0.15, 0.2) is 24.3 Å². The predicted octanol–water partition coefficient (Wildman–Crippen LogP) is 7.91. The van der Waals surface area contributed by atoms with Crippen molar-refractivity contribution in [2.45, 2.75) is 13.8 Å². The van der Waals surface area contributed by atoms with E-state index in [0.717, 1.165) is 11.1 Å². The molecule has 0 amide bonds. The third-order valence-electron chi connectivity index (χ3n) is 2.46.